The molecular formula is C48H42O14S2. The molecule has 0 amide bonds. The number of hydrogen-bond donors (Lipinski definition) is 0. The Kier molecular flexibility index (Phi) is 15.6. The van der Waals surface area contributed by atoms with Crippen LogP contribution in [0.15, 0.2) is 180 Å². The monoisotopic (exact) mass is 906 g/mol. The summed E-state index contributed by atoms with van der Waals surface area (Å²) in [5.41, 5.74) is 1.31. The van der Waals surface area contributed by atoms with Crippen LogP contribution in [0, 0.1) is 13.8 Å². The average Bonchev–Trinajstić information content (AvgIpc) is 3.31. The van der Waals surface area contributed by atoms with E-state index in [0.717, 1.165) is 11.1 Å². The topological polar surface area (TPSA) is 192 Å². The van der Waals surface area contributed by atoms with Crippen LogP contribution in [0.25, 0.3) is 0 Å². The molecule has 16 heteroatoms. The molecule has 64 heavy (non-hydrogen) atoms. The largest absolute Gasteiger partial charge is 0.452 e. The molecule has 0 bridgehead atoms. The van der Waals surface area contributed by atoms with Crippen LogP contribution in [0.4, 0.5) is 0 Å². The number of hydrogen-bond acceptors (Lipinski definition) is 14. The van der Waals surface area contributed by atoms with Crippen LogP contribution in [-0.4, -0.2) is 78.3 Å². The second-order valence-corrected chi connectivity index (χ2v) is 17.4. The van der Waals surface area contributed by atoms with Crippen LogP contribution in [-0.2, 0) is 47.5 Å². The van der Waals surface area contributed by atoms with Crippen LogP contribution in [0.3, 0.4) is 0 Å². The SMILES string of the molecule is Cc1ccc(S(=O)(=O)OCC(OC(=O)c2ccccc2)C(OC(=O)c2ccccc2)C(OC(=O)c2ccccc2)C(COS(=O)(=O)c2ccc(C)cc2)OC(=O)c2ccccc2)cc1. The number of rotatable bonds is 19. The van der Waals surface area contributed by atoms with Crippen molar-refractivity contribution in [1.82, 2.24) is 0 Å². The lowest BCUT2D eigenvalue weighted by molar-refractivity contribution is -0.133. The molecule has 4 atom stereocenters. The van der Waals surface area contributed by atoms with E-state index >= 15 is 0 Å². The summed E-state index contributed by atoms with van der Waals surface area (Å²) in [7, 11) is -9.29. The molecule has 14 nitrogen and oxygen atoms in total. The zero-order valence-corrected chi connectivity index (χ0v) is 36.1. The zero-order valence-electron chi connectivity index (χ0n) is 34.4. The fourth-order valence-corrected chi connectivity index (χ4v) is 7.89. The van der Waals surface area contributed by atoms with E-state index < -0.39 is 81.7 Å². The van der Waals surface area contributed by atoms with Gasteiger partial charge >= 0.3 is 23.9 Å². The lowest BCUT2D eigenvalue weighted by atomic mass is 10.0. The molecule has 0 radical (unpaired) electrons. The molecule has 6 aromatic rings. The predicted octanol–water partition coefficient (Wildman–Crippen LogP) is 7.32. The molecule has 0 fully saturated rings. The molecule has 0 aromatic heterocycles. The lowest BCUT2D eigenvalue weighted by Crippen LogP contribution is -2.54. The number of benzene rings is 6. The zero-order chi connectivity index (χ0) is 45.7. The molecule has 0 N–H and O–H groups in total. The molecule has 0 heterocycles. The molecule has 0 saturated carbocycles. The first-order valence-electron chi connectivity index (χ1n) is 19.7. The standard InChI is InChI=1S/C48H42O14S2/c1-33-23-27-39(28-24-33)63(53,54)57-31-41(59-45(49)35-15-7-3-8-16-35)43(61-47(51)37-19-11-5-12-20-37)44(62-48(52)38-21-13-6-14-22-38)42(60-46(50)36-17-9-4-10-18-36)32-58-64(55,56)40-29-25-34(2)26-30-40/h3-30,41-44H,31-32H2,1-2H3. The average molecular weight is 907 g/mol. The molecule has 6 rings (SSSR count). The fourth-order valence-electron chi connectivity index (χ4n) is 6.05. The highest BCUT2D eigenvalue weighted by molar-refractivity contribution is 7.87. The van der Waals surface area contributed by atoms with E-state index in [1.54, 1.807) is 38.1 Å². The maximum Gasteiger partial charge on any atom is 0.338 e. The summed E-state index contributed by atoms with van der Waals surface area (Å²) in [6.07, 6.45) is -8.30. The van der Waals surface area contributed by atoms with Gasteiger partial charge in [0.15, 0.2) is 24.4 Å². The fraction of sp³-hybridized carbons (Fsp3) is 0.167. The van der Waals surface area contributed by atoms with Crippen molar-refractivity contribution < 1.29 is 63.3 Å². The van der Waals surface area contributed by atoms with E-state index in [1.165, 1.54) is 146 Å². The summed E-state index contributed by atoms with van der Waals surface area (Å²) >= 11 is 0. The second kappa shape index (κ2) is 21.4. The van der Waals surface area contributed by atoms with Gasteiger partial charge in [-0.05, 0) is 86.6 Å². The van der Waals surface area contributed by atoms with Crippen molar-refractivity contribution in [3.05, 3.63) is 203 Å². The molecule has 330 valence electrons. The van der Waals surface area contributed by atoms with Gasteiger partial charge in [0, 0.05) is 0 Å². The van der Waals surface area contributed by atoms with E-state index in [0.29, 0.717) is 0 Å². The number of ether oxygens (including phenoxy) is 4. The van der Waals surface area contributed by atoms with Crippen molar-refractivity contribution in [2.75, 3.05) is 13.2 Å². The number of esters is 4. The van der Waals surface area contributed by atoms with E-state index in [1.807, 2.05) is 0 Å². The van der Waals surface area contributed by atoms with Crippen LogP contribution in [0.5, 0.6) is 0 Å². The van der Waals surface area contributed by atoms with E-state index in [4.69, 9.17) is 27.3 Å². The van der Waals surface area contributed by atoms with Crippen LogP contribution in [0.2, 0.25) is 0 Å². The molecule has 0 aliphatic rings. The highest BCUT2D eigenvalue weighted by atomic mass is 32.2. The van der Waals surface area contributed by atoms with Crippen molar-refractivity contribution >= 4 is 44.1 Å². The maximum absolute atomic E-state index is 14.1. The Balaban J connectivity index is 1.52. The third-order valence-electron chi connectivity index (χ3n) is 9.49. The van der Waals surface area contributed by atoms with Gasteiger partial charge in [-0.2, -0.15) is 16.8 Å². The molecule has 0 saturated heterocycles. The first-order valence-corrected chi connectivity index (χ1v) is 22.5. The Hall–Kier alpha value is -6.98. The second-order valence-electron chi connectivity index (χ2n) is 14.2. The molecular weight excluding hydrogens is 865 g/mol. The van der Waals surface area contributed by atoms with Gasteiger partial charge < -0.3 is 18.9 Å². The van der Waals surface area contributed by atoms with Gasteiger partial charge in [-0.1, -0.05) is 108 Å². The van der Waals surface area contributed by atoms with Gasteiger partial charge in [0.25, 0.3) is 20.2 Å². The van der Waals surface area contributed by atoms with Crippen LogP contribution < -0.4 is 0 Å². The Bertz CT molecular complexity index is 2540. The highest BCUT2D eigenvalue weighted by Crippen LogP contribution is 2.27. The summed E-state index contributed by atoms with van der Waals surface area (Å²) < 4.78 is 89.7. The summed E-state index contributed by atoms with van der Waals surface area (Å²) in [6.45, 7) is 1.33. The highest BCUT2D eigenvalue weighted by Gasteiger charge is 2.46. The normalized spacial score (nSPS) is 13.3. The van der Waals surface area contributed by atoms with Gasteiger partial charge in [0.1, 0.15) is 13.2 Å². The minimum atomic E-state index is -4.65. The van der Waals surface area contributed by atoms with Gasteiger partial charge in [-0.25, -0.2) is 19.2 Å². The Morgan fingerprint density at radius 2 is 0.625 bits per heavy atom. The number of carbonyl (C=O) groups is 4. The summed E-state index contributed by atoms with van der Waals surface area (Å²) in [6, 6.07) is 41.2. The third kappa shape index (κ3) is 12.6. The van der Waals surface area contributed by atoms with Gasteiger partial charge in [0.05, 0.1) is 32.0 Å². The maximum atomic E-state index is 14.1. The Morgan fingerprint density at radius 1 is 0.375 bits per heavy atom. The molecule has 6 aromatic carbocycles. The van der Waals surface area contributed by atoms with E-state index in [9.17, 15) is 36.0 Å². The van der Waals surface area contributed by atoms with Gasteiger partial charge in [-0.15, -0.1) is 0 Å². The van der Waals surface area contributed by atoms with Crippen molar-refractivity contribution in [2.45, 2.75) is 48.1 Å². The smallest absolute Gasteiger partial charge is 0.338 e. The lowest BCUT2D eigenvalue weighted by Gasteiger charge is -2.36. The first-order chi connectivity index (χ1) is 30.7. The summed E-state index contributed by atoms with van der Waals surface area (Å²) in [5, 5.41) is 0. The van der Waals surface area contributed by atoms with Gasteiger partial charge in [0.2, 0.25) is 0 Å². The van der Waals surface area contributed by atoms with E-state index in [-0.39, 0.29) is 32.0 Å². The quantitative estimate of drug-likeness (QED) is 0.0446. The Morgan fingerprint density at radius 3 is 0.891 bits per heavy atom. The van der Waals surface area contributed by atoms with Crippen molar-refractivity contribution in [2.24, 2.45) is 0 Å². The van der Waals surface area contributed by atoms with Crippen molar-refractivity contribution in [3.8, 4) is 0 Å². The Labute approximate surface area is 370 Å². The first kappa shape index (κ1) is 46.5. The number of carbonyl (C=O) groups excluding carboxylic acids is 4. The number of aryl methyl sites for hydroxylation is 2. The molecule has 0 aliphatic heterocycles. The van der Waals surface area contributed by atoms with Crippen molar-refractivity contribution in [1.29, 1.82) is 0 Å². The summed E-state index contributed by atoms with van der Waals surface area (Å²) in [5.74, 6) is -4.33. The molecule has 4 unspecified atom stereocenters. The minimum absolute atomic E-state index is 0.0283. The summed E-state index contributed by atoms with van der Waals surface area (Å²) in [4.78, 5) is 55.5. The van der Waals surface area contributed by atoms with E-state index in [2.05, 4.69) is 0 Å². The minimum Gasteiger partial charge on any atom is -0.452 e. The third-order valence-corrected chi connectivity index (χ3v) is 12.1. The molecule has 0 spiro atoms. The van der Waals surface area contributed by atoms with Crippen LogP contribution in [0.1, 0.15) is 52.6 Å². The predicted molar refractivity (Wildman–Crippen MR) is 231 cm³/mol. The molecule has 0 aliphatic carbocycles. The van der Waals surface area contributed by atoms with Gasteiger partial charge in [-0.3, -0.25) is 8.37 Å². The van der Waals surface area contributed by atoms with Crippen LogP contribution >= 0.6 is 0 Å². The van der Waals surface area contributed by atoms with Crippen molar-refractivity contribution in [3.63, 3.8) is 0 Å².